The number of rotatable bonds is 6. The zero-order valence-electron chi connectivity index (χ0n) is 13.7. The maximum atomic E-state index is 11.4. The van der Waals surface area contributed by atoms with Crippen molar-refractivity contribution in [3.8, 4) is 0 Å². The van der Waals surface area contributed by atoms with E-state index in [9.17, 15) is 9.90 Å². The van der Waals surface area contributed by atoms with Crippen molar-refractivity contribution in [2.45, 2.75) is 32.4 Å². The number of amides is 1. The molecule has 22 heavy (non-hydrogen) atoms. The van der Waals surface area contributed by atoms with Gasteiger partial charge >= 0.3 is 0 Å². The zero-order valence-corrected chi connectivity index (χ0v) is 14.5. The van der Waals surface area contributed by atoms with Crippen LogP contribution in [0.4, 0.5) is 5.13 Å². The van der Waals surface area contributed by atoms with E-state index in [1.807, 2.05) is 5.38 Å². The van der Waals surface area contributed by atoms with Crippen LogP contribution >= 0.6 is 11.3 Å². The van der Waals surface area contributed by atoms with Gasteiger partial charge in [-0.3, -0.25) is 14.6 Å². The van der Waals surface area contributed by atoms with Gasteiger partial charge in [-0.1, -0.05) is 0 Å². The number of carbonyl (C=O) groups excluding carboxylic acids is 1. The molecular formula is C15H26N4O2S. The molecule has 0 unspecified atom stereocenters. The molecule has 0 saturated carbocycles. The molecule has 1 aliphatic rings. The standard InChI is InChI=1S/C15H26N4O2S/c1-12(21)18(3)15-16-13(11-22-15)10-19(8-9-20)14-4-6-17(2)7-5-14/h11,14,20H,4-10H2,1-3H3. The second kappa shape index (κ2) is 8.01. The summed E-state index contributed by atoms with van der Waals surface area (Å²) in [7, 11) is 3.89. The highest BCUT2D eigenvalue weighted by atomic mass is 32.1. The van der Waals surface area contributed by atoms with Gasteiger partial charge in [0, 0.05) is 38.5 Å². The van der Waals surface area contributed by atoms with E-state index in [0.717, 1.165) is 43.3 Å². The van der Waals surface area contributed by atoms with Gasteiger partial charge in [0.2, 0.25) is 5.91 Å². The summed E-state index contributed by atoms with van der Waals surface area (Å²) in [6, 6.07) is 0.499. The van der Waals surface area contributed by atoms with Gasteiger partial charge in [-0.2, -0.15) is 0 Å². The zero-order chi connectivity index (χ0) is 16.1. The highest BCUT2D eigenvalue weighted by Crippen LogP contribution is 2.23. The molecule has 0 spiro atoms. The predicted octanol–water partition coefficient (Wildman–Crippen LogP) is 1.01. The van der Waals surface area contributed by atoms with E-state index in [0.29, 0.717) is 12.6 Å². The Balaban J connectivity index is 2.00. The van der Waals surface area contributed by atoms with Gasteiger partial charge in [0.15, 0.2) is 5.13 Å². The van der Waals surface area contributed by atoms with Crippen molar-refractivity contribution in [3.63, 3.8) is 0 Å². The molecule has 124 valence electrons. The number of nitrogens with zero attached hydrogens (tertiary/aromatic N) is 4. The van der Waals surface area contributed by atoms with Gasteiger partial charge in [0.1, 0.15) is 0 Å². The summed E-state index contributed by atoms with van der Waals surface area (Å²) < 4.78 is 0. The average molecular weight is 326 g/mol. The van der Waals surface area contributed by atoms with Gasteiger partial charge in [-0.05, 0) is 33.0 Å². The number of piperidine rings is 1. The molecule has 0 radical (unpaired) electrons. The van der Waals surface area contributed by atoms with Crippen LogP contribution in [0.15, 0.2) is 5.38 Å². The van der Waals surface area contributed by atoms with E-state index in [2.05, 4.69) is 21.8 Å². The lowest BCUT2D eigenvalue weighted by Crippen LogP contribution is -2.44. The minimum absolute atomic E-state index is 0.0107. The Labute approximate surface area is 136 Å². The van der Waals surface area contributed by atoms with Gasteiger partial charge in [0.25, 0.3) is 0 Å². The molecule has 1 aliphatic heterocycles. The van der Waals surface area contributed by atoms with E-state index >= 15 is 0 Å². The molecule has 1 aromatic heterocycles. The summed E-state index contributed by atoms with van der Waals surface area (Å²) in [5.74, 6) is -0.0107. The van der Waals surface area contributed by atoms with Gasteiger partial charge in [0.05, 0.1) is 12.3 Å². The number of thiazole rings is 1. The molecule has 0 aromatic carbocycles. The van der Waals surface area contributed by atoms with E-state index in [1.54, 1.807) is 11.9 Å². The van der Waals surface area contributed by atoms with Crippen molar-refractivity contribution in [2.24, 2.45) is 0 Å². The predicted molar refractivity (Wildman–Crippen MR) is 89.2 cm³/mol. The van der Waals surface area contributed by atoms with Gasteiger partial charge < -0.3 is 10.0 Å². The number of likely N-dealkylation sites (tertiary alicyclic amines) is 1. The SMILES string of the molecule is CC(=O)N(C)c1nc(CN(CCO)C2CCN(C)CC2)cs1. The average Bonchev–Trinajstić information content (AvgIpc) is 2.95. The summed E-state index contributed by atoms with van der Waals surface area (Å²) in [4.78, 5) is 22.2. The first-order chi connectivity index (χ1) is 10.5. The monoisotopic (exact) mass is 326 g/mol. The Kier molecular flexibility index (Phi) is 6.31. The summed E-state index contributed by atoms with van der Waals surface area (Å²) in [5.41, 5.74) is 0.973. The third-order valence-corrected chi connectivity index (χ3v) is 5.22. The molecule has 1 amide bonds. The van der Waals surface area contributed by atoms with E-state index in [1.165, 1.54) is 18.3 Å². The molecule has 6 nitrogen and oxygen atoms in total. The second-order valence-corrected chi connectivity index (χ2v) is 6.76. The van der Waals surface area contributed by atoms with Crippen LogP contribution in [0.1, 0.15) is 25.5 Å². The Hall–Kier alpha value is -1.02. The van der Waals surface area contributed by atoms with Crippen LogP contribution in [-0.4, -0.2) is 72.2 Å². The van der Waals surface area contributed by atoms with Crippen LogP contribution in [0.25, 0.3) is 0 Å². The van der Waals surface area contributed by atoms with Crippen LogP contribution < -0.4 is 4.90 Å². The minimum Gasteiger partial charge on any atom is -0.395 e. The maximum absolute atomic E-state index is 11.4. The first-order valence-corrected chi connectivity index (χ1v) is 8.61. The first-order valence-electron chi connectivity index (χ1n) is 7.73. The highest BCUT2D eigenvalue weighted by Gasteiger charge is 2.23. The maximum Gasteiger partial charge on any atom is 0.225 e. The Morgan fingerprint density at radius 2 is 2.18 bits per heavy atom. The Morgan fingerprint density at radius 3 is 2.77 bits per heavy atom. The normalized spacial score (nSPS) is 17.1. The number of anilines is 1. The van der Waals surface area contributed by atoms with Gasteiger partial charge in [-0.15, -0.1) is 11.3 Å². The molecule has 1 saturated heterocycles. The molecule has 2 heterocycles. The van der Waals surface area contributed by atoms with Crippen molar-refractivity contribution in [1.82, 2.24) is 14.8 Å². The number of hydrogen-bond acceptors (Lipinski definition) is 6. The third kappa shape index (κ3) is 4.49. The largest absolute Gasteiger partial charge is 0.395 e. The topological polar surface area (TPSA) is 59.9 Å². The minimum atomic E-state index is -0.0107. The Bertz CT molecular complexity index is 486. The molecule has 0 atom stereocenters. The molecule has 7 heteroatoms. The molecule has 1 N–H and O–H groups in total. The summed E-state index contributed by atoms with van der Waals surface area (Å²) in [6.45, 7) is 5.30. The number of hydrogen-bond donors (Lipinski definition) is 1. The Morgan fingerprint density at radius 1 is 1.50 bits per heavy atom. The molecule has 1 fully saturated rings. The van der Waals surface area contributed by atoms with Crippen molar-refractivity contribution in [2.75, 3.05) is 45.2 Å². The summed E-state index contributed by atoms with van der Waals surface area (Å²) >= 11 is 1.49. The van der Waals surface area contributed by atoms with Crippen LogP contribution in [-0.2, 0) is 11.3 Å². The van der Waals surface area contributed by atoms with Crippen LogP contribution in [0.2, 0.25) is 0 Å². The van der Waals surface area contributed by atoms with Crippen molar-refractivity contribution in [1.29, 1.82) is 0 Å². The van der Waals surface area contributed by atoms with Crippen molar-refractivity contribution in [3.05, 3.63) is 11.1 Å². The van der Waals surface area contributed by atoms with E-state index in [-0.39, 0.29) is 12.5 Å². The van der Waals surface area contributed by atoms with Crippen molar-refractivity contribution < 1.29 is 9.90 Å². The number of carbonyl (C=O) groups is 1. The fourth-order valence-corrected chi connectivity index (χ4v) is 3.57. The van der Waals surface area contributed by atoms with Crippen molar-refractivity contribution >= 4 is 22.4 Å². The lowest BCUT2D eigenvalue weighted by atomic mass is 10.0. The number of aliphatic hydroxyl groups excluding tert-OH is 1. The fraction of sp³-hybridized carbons (Fsp3) is 0.733. The van der Waals surface area contributed by atoms with Gasteiger partial charge in [-0.25, -0.2) is 4.98 Å². The second-order valence-electron chi connectivity index (χ2n) is 5.93. The third-order valence-electron chi connectivity index (χ3n) is 4.26. The van der Waals surface area contributed by atoms with Crippen LogP contribution in [0, 0.1) is 0 Å². The van der Waals surface area contributed by atoms with Crippen LogP contribution in [0.5, 0.6) is 0 Å². The highest BCUT2D eigenvalue weighted by molar-refractivity contribution is 7.14. The molecule has 0 bridgehead atoms. The number of aromatic nitrogens is 1. The lowest BCUT2D eigenvalue weighted by Gasteiger charge is -2.36. The fourth-order valence-electron chi connectivity index (χ4n) is 2.75. The number of aliphatic hydroxyl groups is 1. The van der Waals surface area contributed by atoms with E-state index in [4.69, 9.17) is 0 Å². The lowest BCUT2D eigenvalue weighted by molar-refractivity contribution is -0.116. The quantitative estimate of drug-likeness (QED) is 0.846. The van der Waals surface area contributed by atoms with Crippen LogP contribution in [0.3, 0.4) is 0 Å². The first kappa shape index (κ1) is 17.3. The molecule has 1 aromatic rings. The smallest absolute Gasteiger partial charge is 0.225 e. The summed E-state index contributed by atoms with van der Waals surface area (Å²) in [6.07, 6.45) is 2.25. The molecular weight excluding hydrogens is 300 g/mol. The van der Waals surface area contributed by atoms with E-state index < -0.39 is 0 Å². The summed E-state index contributed by atoms with van der Waals surface area (Å²) in [5, 5.41) is 12.1. The molecule has 2 rings (SSSR count). The molecule has 0 aliphatic carbocycles.